The van der Waals surface area contributed by atoms with Crippen LogP contribution in [0.2, 0.25) is 0 Å². The molecule has 5 rings (SSSR count). The summed E-state index contributed by atoms with van der Waals surface area (Å²) in [5.41, 5.74) is 3.56. The molecule has 5 aromatic carbocycles. The minimum atomic E-state index is 0.537. The van der Waals surface area contributed by atoms with Crippen molar-refractivity contribution in [2.24, 2.45) is 0 Å². The van der Waals surface area contributed by atoms with Crippen molar-refractivity contribution < 1.29 is 9.47 Å². The lowest BCUT2D eigenvalue weighted by Crippen LogP contribution is -2.28. The van der Waals surface area contributed by atoms with E-state index in [1.807, 2.05) is 6.07 Å². The van der Waals surface area contributed by atoms with Crippen LogP contribution in [0.5, 0.6) is 11.5 Å². The van der Waals surface area contributed by atoms with Gasteiger partial charge in [-0.15, -0.1) is 0 Å². The summed E-state index contributed by atoms with van der Waals surface area (Å²) >= 11 is 0. The molecule has 0 saturated heterocycles. The van der Waals surface area contributed by atoms with E-state index in [1.165, 1.54) is 32.7 Å². The van der Waals surface area contributed by atoms with E-state index in [9.17, 15) is 0 Å². The van der Waals surface area contributed by atoms with E-state index in [4.69, 9.17) is 9.47 Å². The summed E-state index contributed by atoms with van der Waals surface area (Å²) in [6.45, 7) is 8.57. The highest BCUT2D eigenvalue weighted by atomic mass is 16.5. The maximum absolute atomic E-state index is 6.45. The number of hydrogen-bond acceptors (Lipinski definition) is 3. The van der Waals surface area contributed by atoms with Gasteiger partial charge in [0.1, 0.15) is 24.7 Å². The molecule has 5 aromatic rings. The number of likely N-dealkylation sites (N-methyl/N-ethyl adjacent to an activating group) is 1. The summed E-state index contributed by atoms with van der Waals surface area (Å²) in [4.78, 5) is 2.39. The zero-order chi connectivity index (χ0) is 25.5. The van der Waals surface area contributed by atoms with Gasteiger partial charge in [-0.05, 0) is 52.3 Å². The lowest BCUT2D eigenvalue weighted by Gasteiger charge is -2.21. The Morgan fingerprint density at radius 2 is 1.11 bits per heavy atom. The first-order valence-electron chi connectivity index (χ1n) is 13.3. The van der Waals surface area contributed by atoms with Crippen molar-refractivity contribution in [3.63, 3.8) is 0 Å². The quantitative estimate of drug-likeness (QED) is 0.188. The molecule has 188 valence electrons. The van der Waals surface area contributed by atoms with Crippen LogP contribution in [0.4, 0.5) is 0 Å². The third-order valence-corrected chi connectivity index (χ3v) is 7.15. The predicted molar refractivity (Wildman–Crippen MR) is 155 cm³/mol. The first-order valence-corrected chi connectivity index (χ1v) is 13.3. The zero-order valence-corrected chi connectivity index (χ0v) is 21.8. The molecule has 0 aliphatic rings. The molecule has 0 spiro atoms. The van der Waals surface area contributed by atoms with E-state index in [-0.39, 0.29) is 0 Å². The molecule has 0 aliphatic carbocycles. The summed E-state index contributed by atoms with van der Waals surface area (Å²) in [7, 11) is 0. The monoisotopic (exact) mass is 489 g/mol. The first kappa shape index (κ1) is 24.9. The highest BCUT2D eigenvalue weighted by Crippen LogP contribution is 2.36. The predicted octanol–water partition coefficient (Wildman–Crippen LogP) is 7.88. The lowest BCUT2D eigenvalue weighted by atomic mass is 9.93. The molecule has 0 heterocycles. The van der Waals surface area contributed by atoms with Crippen LogP contribution in [0.15, 0.2) is 103 Å². The molecule has 0 amide bonds. The zero-order valence-electron chi connectivity index (χ0n) is 21.8. The Labute approximate surface area is 220 Å². The number of nitrogens with zero attached hydrogens (tertiary/aromatic N) is 1. The summed E-state index contributed by atoms with van der Waals surface area (Å²) in [5.74, 6) is 1.87. The van der Waals surface area contributed by atoms with E-state index < -0.39 is 0 Å². The van der Waals surface area contributed by atoms with Crippen LogP contribution in [0.1, 0.15) is 30.5 Å². The smallest absolute Gasteiger partial charge is 0.123 e. The first-order chi connectivity index (χ1) is 18.3. The van der Waals surface area contributed by atoms with Crippen molar-refractivity contribution >= 4 is 21.5 Å². The van der Waals surface area contributed by atoms with E-state index in [0.717, 1.165) is 43.1 Å². The SMILES string of the molecule is CCN(CC)CCOc1ccc2ccccc2c1Cc1c(OCc2ccccc2)ccc2ccccc12. The highest BCUT2D eigenvalue weighted by Gasteiger charge is 2.16. The molecular formula is C34H35NO2. The van der Waals surface area contributed by atoms with Crippen LogP contribution in [0, 0.1) is 0 Å². The molecule has 0 fully saturated rings. The van der Waals surface area contributed by atoms with Crippen molar-refractivity contribution in [2.45, 2.75) is 26.9 Å². The van der Waals surface area contributed by atoms with Crippen LogP contribution >= 0.6 is 0 Å². The molecule has 3 heteroatoms. The van der Waals surface area contributed by atoms with Crippen molar-refractivity contribution in [3.8, 4) is 11.5 Å². The maximum Gasteiger partial charge on any atom is 0.123 e. The average molecular weight is 490 g/mol. The van der Waals surface area contributed by atoms with E-state index in [0.29, 0.717) is 13.2 Å². The number of ether oxygens (including phenoxy) is 2. The molecule has 37 heavy (non-hydrogen) atoms. The van der Waals surface area contributed by atoms with Crippen molar-refractivity contribution in [1.29, 1.82) is 0 Å². The average Bonchev–Trinajstić information content (AvgIpc) is 2.96. The Morgan fingerprint density at radius 3 is 1.70 bits per heavy atom. The van der Waals surface area contributed by atoms with Gasteiger partial charge >= 0.3 is 0 Å². The molecule has 0 atom stereocenters. The second-order valence-electron chi connectivity index (χ2n) is 9.35. The van der Waals surface area contributed by atoms with Gasteiger partial charge in [0.25, 0.3) is 0 Å². The summed E-state index contributed by atoms with van der Waals surface area (Å²) < 4.78 is 12.9. The normalized spacial score (nSPS) is 11.3. The van der Waals surface area contributed by atoms with Crippen LogP contribution < -0.4 is 9.47 Å². The molecule has 0 saturated carbocycles. The minimum absolute atomic E-state index is 0.537. The topological polar surface area (TPSA) is 21.7 Å². The Kier molecular flexibility index (Phi) is 8.02. The van der Waals surface area contributed by atoms with Crippen molar-refractivity contribution in [2.75, 3.05) is 26.2 Å². The molecular weight excluding hydrogens is 454 g/mol. The van der Waals surface area contributed by atoms with Gasteiger partial charge in [0.2, 0.25) is 0 Å². The number of rotatable bonds is 11. The van der Waals surface area contributed by atoms with Crippen LogP contribution in [-0.2, 0) is 13.0 Å². The van der Waals surface area contributed by atoms with Crippen LogP contribution in [0.3, 0.4) is 0 Å². The number of benzene rings is 5. The third-order valence-electron chi connectivity index (χ3n) is 7.15. The van der Waals surface area contributed by atoms with Crippen molar-refractivity contribution in [3.05, 3.63) is 120 Å². The summed E-state index contributed by atoms with van der Waals surface area (Å²) in [6, 6.07) is 36.1. The van der Waals surface area contributed by atoms with E-state index in [1.54, 1.807) is 0 Å². The number of fused-ring (bicyclic) bond motifs is 2. The largest absolute Gasteiger partial charge is 0.492 e. The van der Waals surface area contributed by atoms with Gasteiger partial charge in [-0.3, -0.25) is 0 Å². The van der Waals surface area contributed by atoms with Gasteiger partial charge < -0.3 is 14.4 Å². The van der Waals surface area contributed by atoms with Crippen LogP contribution in [0.25, 0.3) is 21.5 Å². The standard InChI is InChI=1S/C34H35NO2/c1-3-35(4-2)22-23-36-33-20-18-27-14-8-10-16-29(27)31(33)24-32-30-17-11-9-15-28(30)19-21-34(32)37-25-26-12-6-5-7-13-26/h5-21H,3-4,22-25H2,1-2H3. The fraction of sp³-hybridized carbons (Fsp3) is 0.235. The minimum Gasteiger partial charge on any atom is -0.492 e. The van der Waals surface area contributed by atoms with Crippen molar-refractivity contribution in [1.82, 2.24) is 4.90 Å². The van der Waals surface area contributed by atoms with E-state index >= 15 is 0 Å². The third kappa shape index (κ3) is 5.79. The molecule has 0 aromatic heterocycles. The number of hydrogen-bond donors (Lipinski definition) is 0. The molecule has 0 bridgehead atoms. The Morgan fingerprint density at radius 1 is 0.568 bits per heavy atom. The fourth-order valence-corrected chi connectivity index (χ4v) is 5.00. The van der Waals surface area contributed by atoms with E-state index in [2.05, 4.69) is 116 Å². The molecule has 0 N–H and O–H groups in total. The Hall–Kier alpha value is -3.82. The van der Waals surface area contributed by atoms with Crippen LogP contribution in [-0.4, -0.2) is 31.1 Å². The molecule has 0 aliphatic heterocycles. The van der Waals surface area contributed by atoms with Gasteiger partial charge in [-0.25, -0.2) is 0 Å². The lowest BCUT2D eigenvalue weighted by molar-refractivity contribution is 0.222. The Bertz CT molecular complexity index is 1460. The van der Waals surface area contributed by atoms with Gasteiger partial charge in [0.15, 0.2) is 0 Å². The fourth-order valence-electron chi connectivity index (χ4n) is 5.00. The summed E-state index contributed by atoms with van der Waals surface area (Å²) in [5, 5.41) is 4.88. The van der Waals surface area contributed by atoms with Gasteiger partial charge in [-0.1, -0.05) is 105 Å². The van der Waals surface area contributed by atoms with Gasteiger partial charge in [0, 0.05) is 24.1 Å². The molecule has 3 nitrogen and oxygen atoms in total. The highest BCUT2D eigenvalue weighted by molar-refractivity contribution is 5.91. The second kappa shape index (κ2) is 11.9. The van der Waals surface area contributed by atoms with Gasteiger partial charge in [-0.2, -0.15) is 0 Å². The second-order valence-corrected chi connectivity index (χ2v) is 9.35. The Balaban J connectivity index is 1.54. The molecule has 0 unspecified atom stereocenters. The van der Waals surface area contributed by atoms with Gasteiger partial charge in [0.05, 0.1) is 0 Å². The maximum atomic E-state index is 6.45. The molecule has 0 radical (unpaired) electrons. The summed E-state index contributed by atoms with van der Waals surface area (Å²) in [6.07, 6.45) is 0.730.